The molecule has 2 aromatic rings. The second-order valence-corrected chi connectivity index (χ2v) is 4.25. The molecule has 0 bridgehead atoms. The van der Waals surface area contributed by atoms with Crippen LogP contribution in [0.25, 0.3) is 0 Å². The van der Waals surface area contributed by atoms with Crippen molar-refractivity contribution in [2.75, 3.05) is 12.8 Å². The molecular formula is C15H17NO2. The lowest BCUT2D eigenvalue weighted by Crippen LogP contribution is -2.05. The van der Waals surface area contributed by atoms with E-state index in [1.165, 1.54) is 0 Å². The minimum atomic E-state index is -0.712. The van der Waals surface area contributed by atoms with Crippen molar-refractivity contribution in [2.45, 2.75) is 13.0 Å². The quantitative estimate of drug-likeness (QED) is 0.815. The Bertz CT molecular complexity index is 535. The highest BCUT2D eigenvalue weighted by Crippen LogP contribution is 2.29. The highest BCUT2D eigenvalue weighted by Gasteiger charge is 2.14. The van der Waals surface area contributed by atoms with E-state index in [0.29, 0.717) is 5.69 Å². The Labute approximate surface area is 107 Å². The molecule has 0 radical (unpaired) electrons. The van der Waals surface area contributed by atoms with Crippen molar-refractivity contribution in [3.63, 3.8) is 0 Å². The molecule has 0 heterocycles. The van der Waals surface area contributed by atoms with Crippen LogP contribution in [0.5, 0.6) is 5.75 Å². The number of ether oxygens (including phenoxy) is 1. The fourth-order valence-corrected chi connectivity index (χ4v) is 1.91. The van der Waals surface area contributed by atoms with Crippen LogP contribution in [0, 0.1) is 6.92 Å². The minimum Gasteiger partial charge on any atom is -0.497 e. The number of para-hydroxylation sites is 1. The normalized spacial score (nSPS) is 12.2. The molecule has 0 saturated heterocycles. The van der Waals surface area contributed by atoms with E-state index >= 15 is 0 Å². The van der Waals surface area contributed by atoms with Gasteiger partial charge in [-0.1, -0.05) is 30.3 Å². The fraction of sp³-hybridized carbons (Fsp3) is 0.200. The van der Waals surface area contributed by atoms with Gasteiger partial charge in [0.1, 0.15) is 11.9 Å². The van der Waals surface area contributed by atoms with Gasteiger partial charge in [-0.25, -0.2) is 0 Å². The second kappa shape index (κ2) is 5.10. The largest absolute Gasteiger partial charge is 0.497 e. The zero-order valence-corrected chi connectivity index (χ0v) is 10.6. The van der Waals surface area contributed by atoms with Crippen LogP contribution in [0.1, 0.15) is 22.8 Å². The number of aryl methyl sites for hydroxylation is 1. The van der Waals surface area contributed by atoms with Gasteiger partial charge in [0.15, 0.2) is 0 Å². The molecule has 3 N–H and O–H groups in total. The van der Waals surface area contributed by atoms with Crippen LogP contribution in [-0.2, 0) is 0 Å². The molecule has 1 unspecified atom stereocenters. The SMILES string of the molecule is COc1ccc(C(O)c2cccc(C)c2N)cc1. The van der Waals surface area contributed by atoms with Gasteiger partial charge in [-0.05, 0) is 30.2 Å². The van der Waals surface area contributed by atoms with E-state index in [-0.39, 0.29) is 0 Å². The van der Waals surface area contributed by atoms with Crippen LogP contribution in [0.2, 0.25) is 0 Å². The van der Waals surface area contributed by atoms with Crippen LogP contribution in [0.3, 0.4) is 0 Å². The molecule has 2 aromatic carbocycles. The fourth-order valence-electron chi connectivity index (χ4n) is 1.91. The first-order chi connectivity index (χ1) is 8.63. The summed E-state index contributed by atoms with van der Waals surface area (Å²) in [5, 5.41) is 10.3. The number of aliphatic hydroxyl groups excluding tert-OH is 1. The first-order valence-electron chi connectivity index (χ1n) is 5.80. The molecule has 0 fully saturated rings. The number of nitrogen functional groups attached to an aromatic ring is 1. The molecule has 0 aromatic heterocycles. The van der Waals surface area contributed by atoms with E-state index in [0.717, 1.165) is 22.4 Å². The number of anilines is 1. The molecule has 0 aliphatic heterocycles. The summed E-state index contributed by atoms with van der Waals surface area (Å²) in [6.45, 7) is 1.93. The molecule has 0 saturated carbocycles. The number of benzene rings is 2. The van der Waals surface area contributed by atoms with Crippen molar-refractivity contribution >= 4 is 5.69 Å². The standard InChI is InChI=1S/C15H17NO2/c1-10-4-3-5-13(14(10)16)15(17)11-6-8-12(18-2)9-7-11/h3-9,15,17H,16H2,1-2H3. The molecule has 3 nitrogen and oxygen atoms in total. The van der Waals surface area contributed by atoms with Crippen molar-refractivity contribution in [1.82, 2.24) is 0 Å². The number of rotatable bonds is 3. The van der Waals surface area contributed by atoms with Crippen molar-refractivity contribution in [1.29, 1.82) is 0 Å². The summed E-state index contributed by atoms with van der Waals surface area (Å²) in [7, 11) is 1.62. The summed E-state index contributed by atoms with van der Waals surface area (Å²) >= 11 is 0. The van der Waals surface area contributed by atoms with E-state index in [1.54, 1.807) is 7.11 Å². The molecule has 18 heavy (non-hydrogen) atoms. The summed E-state index contributed by atoms with van der Waals surface area (Å²) in [5.41, 5.74) is 9.14. The summed E-state index contributed by atoms with van der Waals surface area (Å²) in [5.74, 6) is 0.767. The lowest BCUT2D eigenvalue weighted by molar-refractivity contribution is 0.221. The van der Waals surface area contributed by atoms with Gasteiger partial charge in [0, 0.05) is 11.3 Å². The molecule has 94 valence electrons. The van der Waals surface area contributed by atoms with Gasteiger partial charge in [0.05, 0.1) is 7.11 Å². The maximum absolute atomic E-state index is 10.3. The van der Waals surface area contributed by atoms with Crippen LogP contribution in [0.4, 0.5) is 5.69 Å². The monoisotopic (exact) mass is 243 g/mol. The number of nitrogens with two attached hydrogens (primary N) is 1. The number of hydrogen-bond donors (Lipinski definition) is 2. The molecular weight excluding hydrogens is 226 g/mol. The average molecular weight is 243 g/mol. The van der Waals surface area contributed by atoms with Gasteiger partial charge >= 0.3 is 0 Å². The molecule has 0 amide bonds. The van der Waals surface area contributed by atoms with E-state index in [2.05, 4.69) is 0 Å². The van der Waals surface area contributed by atoms with Crippen molar-refractivity contribution in [2.24, 2.45) is 0 Å². The van der Waals surface area contributed by atoms with Gasteiger partial charge in [-0.3, -0.25) is 0 Å². The topological polar surface area (TPSA) is 55.5 Å². The van der Waals surface area contributed by atoms with Gasteiger partial charge in [0.25, 0.3) is 0 Å². The summed E-state index contributed by atoms with van der Waals surface area (Å²) in [6, 6.07) is 13.0. The van der Waals surface area contributed by atoms with E-state index < -0.39 is 6.10 Å². The lowest BCUT2D eigenvalue weighted by Gasteiger charge is -2.15. The maximum atomic E-state index is 10.3. The Hall–Kier alpha value is -2.00. The molecule has 3 heteroatoms. The predicted molar refractivity (Wildman–Crippen MR) is 72.6 cm³/mol. The smallest absolute Gasteiger partial charge is 0.118 e. The summed E-state index contributed by atoms with van der Waals surface area (Å²) < 4.78 is 5.09. The molecule has 0 spiro atoms. The Morgan fingerprint density at radius 3 is 2.39 bits per heavy atom. The zero-order valence-electron chi connectivity index (χ0n) is 10.6. The van der Waals surface area contributed by atoms with E-state index in [9.17, 15) is 5.11 Å². The first-order valence-corrected chi connectivity index (χ1v) is 5.80. The maximum Gasteiger partial charge on any atom is 0.118 e. The van der Waals surface area contributed by atoms with Crippen molar-refractivity contribution < 1.29 is 9.84 Å². The van der Waals surface area contributed by atoms with Gasteiger partial charge in [0.2, 0.25) is 0 Å². The molecule has 1 atom stereocenters. The molecule has 2 rings (SSSR count). The number of hydrogen-bond acceptors (Lipinski definition) is 3. The first kappa shape index (κ1) is 12.5. The Morgan fingerprint density at radius 2 is 1.78 bits per heavy atom. The van der Waals surface area contributed by atoms with Crippen LogP contribution >= 0.6 is 0 Å². The third-order valence-corrected chi connectivity index (χ3v) is 3.08. The zero-order chi connectivity index (χ0) is 13.1. The second-order valence-electron chi connectivity index (χ2n) is 4.25. The van der Waals surface area contributed by atoms with Crippen LogP contribution in [-0.4, -0.2) is 12.2 Å². The molecule has 0 aliphatic rings. The Balaban J connectivity index is 2.35. The van der Waals surface area contributed by atoms with E-state index in [4.69, 9.17) is 10.5 Å². The van der Waals surface area contributed by atoms with Crippen molar-refractivity contribution in [3.05, 3.63) is 59.2 Å². The third-order valence-electron chi connectivity index (χ3n) is 3.08. The Kier molecular flexibility index (Phi) is 3.53. The summed E-state index contributed by atoms with van der Waals surface area (Å²) in [4.78, 5) is 0. The van der Waals surface area contributed by atoms with Crippen LogP contribution in [0.15, 0.2) is 42.5 Å². The Morgan fingerprint density at radius 1 is 1.11 bits per heavy atom. The number of methoxy groups -OCH3 is 1. The summed E-state index contributed by atoms with van der Waals surface area (Å²) in [6.07, 6.45) is -0.712. The number of aliphatic hydroxyl groups is 1. The highest BCUT2D eigenvalue weighted by atomic mass is 16.5. The van der Waals surface area contributed by atoms with E-state index in [1.807, 2.05) is 49.4 Å². The lowest BCUT2D eigenvalue weighted by atomic mass is 9.98. The average Bonchev–Trinajstić information content (AvgIpc) is 2.41. The molecule has 0 aliphatic carbocycles. The van der Waals surface area contributed by atoms with Gasteiger partial charge in [-0.2, -0.15) is 0 Å². The third kappa shape index (κ3) is 2.31. The van der Waals surface area contributed by atoms with Gasteiger partial charge in [-0.15, -0.1) is 0 Å². The minimum absolute atomic E-state index is 0.640. The van der Waals surface area contributed by atoms with Crippen LogP contribution < -0.4 is 10.5 Å². The van der Waals surface area contributed by atoms with Gasteiger partial charge < -0.3 is 15.6 Å². The van der Waals surface area contributed by atoms with Crippen molar-refractivity contribution in [3.8, 4) is 5.75 Å². The highest BCUT2D eigenvalue weighted by molar-refractivity contribution is 5.56. The predicted octanol–water partition coefficient (Wildman–Crippen LogP) is 2.67.